The number of carbonyl (C=O) groups is 1. The Morgan fingerprint density at radius 2 is 1.62 bits per heavy atom. The molecule has 0 heterocycles. The van der Waals surface area contributed by atoms with Gasteiger partial charge in [-0.25, -0.2) is 4.79 Å². The minimum absolute atomic E-state index is 0.200. The normalized spacial score (nSPS) is 10.0. The van der Waals surface area contributed by atoms with Crippen molar-refractivity contribution < 1.29 is 19.0 Å². The number of nitrogens with one attached hydrogen (secondary N) is 2. The van der Waals surface area contributed by atoms with Gasteiger partial charge in [0.2, 0.25) is 0 Å². The van der Waals surface area contributed by atoms with Crippen LogP contribution >= 0.6 is 35.4 Å². The molecule has 6 nitrogen and oxygen atoms in total. The molecule has 9 heteroatoms. The molecular formula is C17H16Cl2N2O4S. The van der Waals surface area contributed by atoms with Gasteiger partial charge in [-0.3, -0.25) is 0 Å². The minimum Gasteiger partial charge on any atom is -0.493 e. The summed E-state index contributed by atoms with van der Waals surface area (Å²) in [5.74, 6) is 0.249. The van der Waals surface area contributed by atoms with E-state index in [0.29, 0.717) is 32.9 Å². The molecule has 0 amide bonds. The average Bonchev–Trinajstić information content (AvgIpc) is 2.64. The first-order chi connectivity index (χ1) is 12.4. The lowest BCUT2D eigenvalue weighted by atomic mass is 10.1. The molecule has 0 saturated heterocycles. The standard InChI is InChI=1S/C17H16Cl2N2O4S/c1-23-13-7-9(16(22)25-3)12(8-14(13)24-2)21-17(26)20-11-6-4-5-10(18)15(11)19/h4-8H,1-3H3,(H2,20,21,26). The second-order valence-electron chi connectivity index (χ2n) is 4.92. The lowest BCUT2D eigenvalue weighted by Gasteiger charge is -2.17. The Hall–Kier alpha value is -2.22. The number of hydrogen-bond acceptors (Lipinski definition) is 5. The molecular weight excluding hydrogens is 399 g/mol. The molecule has 0 aliphatic heterocycles. The Kier molecular flexibility index (Phi) is 6.90. The number of thiocarbonyl (C=S) groups is 1. The van der Waals surface area contributed by atoms with Crippen LogP contribution in [0.3, 0.4) is 0 Å². The van der Waals surface area contributed by atoms with Gasteiger partial charge < -0.3 is 24.8 Å². The number of rotatable bonds is 5. The Morgan fingerprint density at radius 3 is 2.23 bits per heavy atom. The van der Waals surface area contributed by atoms with Crippen LogP contribution in [-0.4, -0.2) is 32.4 Å². The molecule has 0 aromatic heterocycles. The Morgan fingerprint density at radius 1 is 1.00 bits per heavy atom. The van der Waals surface area contributed by atoms with Gasteiger partial charge in [0.25, 0.3) is 0 Å². The maximum atomic E-state index is 12.1. The number of ether oxygens (including phenoxy) is 3. The molecule has 26 heavy (non-hydrogen) atoms. The third-order valence-corrected chi connectivity index (χ3v) is 4.40. The van der Waals surface area contributed by atoms with E-state index < -0.39 is 5.97 Å². The zero-order valence-electron chi connectivity index (χ0n) is 14.2. The zero-order chi connectivity index (χ0) is 19.3. The number of carbonyl (C=O) groups excluding carboxylic acids is 1. The van der Waals surface area contributed by atoms with E-state index in [0.717, 1.165) is 0 Å². The summed E-state index contributed by atoms with van der Waals surface area (Å²) in [4.78, 5) is 12.1. The highest BCUT2D eigenvalue weighted by molar-refractivity contribution is 7.80. The molecule has 0 aliphatic rings. The van der Waals surface area contributed by atoms with Crippen LogP contribution in [0.4, 0.5) is 11.4 Å². The Labute approximate surface area is 166 Å². The first-order valence-corrected chi connectivity index (χ1v) is 8.44. The van der Waals surface area contributed by atoms with Crippen LogP contribution in [0.25, 0.3) is 0 Å². The van der Waals surface area contributed by atoms with E-state index in [-0.39, 0.29) is 10.7 Å². The predicted molar refractivity (Wildman–Crippen MR) is 107 cm³/mol. The van der Waals surface area contributed by atoms with E-state index in [9.17, 15) is 4.79 Å². The Balaban J connectivity index is 2.33. The van der Waals surface area contributed by atoms with Gasteiger partial charge >= 0.3 is 5.97 Å². The summed E-state index contributed by atoms with van der Waals surface area (Å²) < 4.78 is 15.3. The van der Waals surface area contributed by atoms with E-state index in [1.165, 1.54) is 27.4 Å². The highest BCUT2D eigenvalue weighted by Crippen LogP contribution is 2.34. The van der Waals surface area contributed by atoms with E-state index >= 15 is 0 Å². The molecule has 0 atom stereocenters. The molecule has 2 aromatic carbocycles. The van der Waals surface area contributed by atoms with Gasteiger partial charge in [-0.05, 0) is 24.4 Å². The molecule has 2 rings (SSSR count). The zero-order valence-corrected chi connectivity index (χ0v) is 16.5. The SMILES string of the molecule is COC(=O)c1cc(OC)c(OC)cc1NC(=S)Nc1cccc(Cl)c1Cl. The fourth-order valence-corrected chi connectivity index (χ4v) is 2.71. The molecule has 2 aromatic rings. The fraction of sp³-hybridized carbons (Fsp3) is 0.176. The molecule has 2 N–H and O–H groups in total. The molecule has 0 radical (unpaired) electrons. The molecule has 0 bridgehead atoms. The van der Waals surface area contributed by atoms with Crippen molar-refractivity contribution in [3.8, 4) is 11.5 Å². The number of anilines is 2. The number of benzene rings is 2. The van der Waals surface area contributed by atoms with Gasteiger partial charge in [0, 0.05) is 12.1 Å². The van der Waals surface area contributed by atoms with Gasteiger partial charge in [-0.1, -0.05) is 29.3 Å². The predicted octanol–water partition coefficient (Wildman–Crippen LogP) is 4.61. The smallest absolute Gasteiger partial charge is 0.340 e. The fourth-order valence-electron chi connectivity index (χ4n) is 2.14. The van der Waals surface area contributed by atoms with Crippen molar-refractivity contribution in [3.05, 3.63) is 45.9 Å². The molecule has 0 aliphatic carbocycles. The molecule has 0 unspecified atom stereocenters. The number of hydrogen-bond donors (Lipinski definition) is 2. The van der Waals surface area contributed by atoms with Crippen molar-refractivity contribution >= 4 is 57.9 Å². The van der Waals surface area contributed by atoms with Crippen molar-refractivity contribution in [3.63, 3.8) is 0 Å². The molecule has 0 spiro atoms. The molecule has 0 saturated carbocycles. The summed E-state index contributed by atoms with van der Waals surface area (Å²) >= 11 is 17.4. The number of halogens is 2. The topological polar surface area (TPSA) is 68.8 Å². The van der Waals surface area contributed by atoms with Crippen LogP contribution in [0.1, 0.15) is 10.4 Å². The average molecular weight is 415 g/mol. The Bertz CT molecular complexity index is 846. The summed E-state index contributed by atoms with van der Waals surface area (Å²) in [6.07, 6.45) is 0. The quantitative estimate of drug-likeness (QED) is 0.546. The summed E-state index contributed by atoms with van der Waals surface area (Å²) in [6, 6.07) is 8.20. The lowest BCUT2D eigenvalue weighted by Crippen LogP contribution is -2.21. The maximum absolute atomic E-state index is 12.1. The first-order valence-electron chi connectivity index (χ1n) is 7.27. The van der Waals surface area contributed by atoms with Crippen molar-refractivity contribution in [2.45, 2.75) is 0 Å². The van der Waals surface area contributed by atoms with Gasteiger partial charge in [0.05, 0.1) is 48.3 Å². The first kappa shape index (κ1) is 20.1. The van der Waals surface area contributed by atoms with Crippen LogP contribution in [0.5, 0.6) is 11.5 Å². The van der Waals surface area contributed by atoms with Gasteiger partial charge in [0.1, 0.15) is 0 Å². The van der Waals surface area contributed by atoms with Crippen molar-refractivity contribution in [2.75, 3.05) is 32.0 Å². The van der Waals surface area contributed by atoms with Crippen LogP contribution in [0.2, 0.25) is 10.0 Å². The van der Waals surface area contributed by atoms with Gasteiger partial charge in [-0.15, -0.1) is 0 Å². The highest BCUT2D eigenvalue weighted by Gasteiger charge is 2.18. The summed E-state index contributed by atoms with van der Waals surface area (Å²) in [5, 5.41) is 6.78. The van der Waals surface area contributed by atoms with E-state index in [2.05, 4.69) is 10.6 Å². The van der Waals surface area contributed by atoms with Gasteiger partial charge in [0.15, 0.2) is 16.6 Å². The summed E-state index contributed by atoms with van der Waals surface area (Å²) in [5.41, 5.74) is 1.13. The van der Waals surface area contributed by atoms with Gasteiger partial charge in [-0.2, -0.15) is 0 Å². The van der Waals surface area contributed by atoms with Crippen LogP contribution in [-0.2, 0) is 4.74 Å². The number of methoxy groups -OCH3 is 3. The lowest BCUT2D eigenvalue weighted by molar-refractivity contribution is 0.0601. The van der Waals surface area contributed by atoms with Crippen molar-refractivity contribution in [1.82, 2.24) is 0 Å². The number of esters is 1. The second kappa shape index (κ2) is 8.93. The van der Waals surface area contributed by atoms with E-state index in [1.54, 1.807) is 24.3 Å². The van der Waals surface area contributed by atoms with Crippen LogP contribution in [0, 0.1) is 0 Å². The summed E-state index contributed by atoms with van der Waals surface area (Å²) in [7, 11) is 4.24. The summed E-state index contributed by atoms with van der Waals surface area (Å²) in [6.45, 7) is 0. The van der Waals surface area contributed by atoms with Crippen molar-refractivity contribution in [2.24, 2.45) is 0 Å². The second-order valence-corrected chi connectivity index (χ2v) is 6.12. The monoisotopic (exact) mass is 414 g/mol. The highest BCUT2D eigenvalue weighted by atomic mass is 35.5. The maximum Gasteiger partial charge on any atom is 0.340 e. The van der Waals surface area contributed by atoms with Crippen LogP contribution < -0.4 is 20.1 Å². The minimum atomic E-state index is -0.558. The molecule has 0 fully saturated rings. The molecule has 138 valence electrons. The van der Waals surface area contributed by atoms with Crippen molar-refractivity contribution in [1.29, 1.82) is 0 Å². The largest absolute Gasteiger partial charge is 0.493 e. The van der Waals surface area contributed by atoms with Crippen LogP contribution in [0.15, 0.2) is 30.3 Å². The van der Waals surface area contributed by atoms with E-state index in [1.807, 2.05) is 0 Å². The third-order valence-electron chi connectivity index (χ3n) is 3.38. The van der Waals surface area contributed by atoms with E-state index in [4.69, 9.17) is 49.6 Å². The third kappa shape index (κ3) is 4.49.